The maximum Gasteiger partial charge on any atom is 1.00 e. The summed E-state index contributed by atoms with van der Waals surface area (Å²) in [7, 11) is 6.61. The zero-order valence-electron chi connectivity index (χ0n) is 15.4. The number of rotatable bonds is 6. The van der Waals surface area contributed by atoms with Crippen molar-refractivity contribution in [1.29, 1.82) is 0 Å². The Hall–Kier alpha value is -0.136. The van der Waals surface area contributed by atoms with E-state index in [2.05, 4.69) is 58.8 Å². The monoisotopic (exact) mass is 422 g/mol. The van der Waals surface area contributed by atoms with Crippen molar-refractivity contribution < 1.29 is 95.0 Å². The van der Waals surface area contributed by atoms with Crippen LogP contribution in [0.1, 0.15) is 0 Å². The van der Waals surface area contributed by atoms with E-state index in [1.54, 1.807) is 28.4 Å². The Bertz CT molecular complexity index is 189. The smallest absolute Gasteiger partial charge is 0 e. The van der Waals surface area contributed by atoms with Crippen LogP contribution in [0.4, 0.5) is 0 Å². The molecule has 0 rings (SSSR count). The van der Waals surface area contributed by atoms with Gasteiger partial charge in [-0.15, -0.1) is 0 Å². The second-order valence-corrected chi connectivity index (χ2v) is 1.97. The normalized spacial score (nSPS) is 4.62. The molecular formula is C14H20NaO10V+. The molecule has 0 unspecified atom stereocenters. The minimum atomic E-state index is 0. The number of ether oxygens (including phenoxy) is 4. The van der Waals surface area contributed by atoms with Crippen molar-refractivity contribution in [3.8, 4) is 0 Å². The third-order valence-electron chi connectivity index (χ3n) is 0.983. The van der Waals surface area contributed by atoms with E-state index in [1.807, 2.05) is 0 Å². The Kier molecular flexibility index (Phi) is 559. The van der Waals surface area contributed by atoms with Crippen molar-refractivity contribution >= 4 is 0 Å². The second-order valence-electron chi connectivity index (χ2n) is 1.97. The SMILES string of the molecule is COCCOC.COCCOC.[C-]#[O+].[C-]#[O+].[C-]#[O+].[C-]#[O+].[C-]#[O+].[C-]#[O+].[Na+].[V]. The van der Waals surface area contributed by atoms with Crippen LogP contribution < -0.4 is 29.6 Å². The van der Waals surface area contributed by atoms with Gasteiger partial charge in [0.05, 0.1) is 26.4 Å². The van der Waals surface area contributed by atoms with Gasteiger partial charge in [0.1, 0.15) is 0 Å². The summed E-state index contributed by atoms with van der Waals surface area (Å²) in [4.78, 5) is 0. The molecule has 0 amide bonds. The minimum Gasteiger partial charge on any atom is 0 e. The Morgan fingerprint density at radius 1 is 0.423 bits per heavy atom. The van der Waals surface area contributed by atoms with E-state index in [9.17, 15) is 0 Å². The first-order valence-electron chi connectivity index (χ1n) is 5.01. The summed E-state index contributed by atoms with van der Waals surface area (Å²) >= 11 is 0. The quantitative estimate of drug-likeness (QED) is 0.198. The van der Waals surface area contributed by atoms with Gasteiger partial charge in [-0.1, -0.05) is 0 Å². The molecule has 141 valence electrons. The molecule has 0 N–H and O–H groups in total. The van der Waals surface area contributed by atoms with Crippen LogP contribution in [0.3, 0.4) is 0 Å². The van der Waals surface area contributed by atoms with Gasteiger partial charge in [-0.3, -0.25) is 0 Å². The molecule has 0 heterocycles. The first kappa shape index (κ1) is 63.5. The van der Waals surface area contributed by atoms with Crippen molar-refractivity contribution in [3.05, 3.63) is 39.9 Å². The number of methoxy groups -OCH3 is 4. The molecule has 10 nitrogen and oxygen atoms in total. The summed E-state index contributed by atoms with van der Waals surface area (Å²) in [5, 5.41) is 0. The molecule has 0 aromatic rings. The van der Waals surface area contributed by atoms with E-state index in [4.69, 9.17) is 27.9 Å². The van der Waals surface area contributed by atoms with Gasteiger partial charge in [0.25, 0.3) is 0 Å². The molecule has 0 aromatic heterocycles. The largest absolute Gasteiger partial charge is 1.00 e. The van der Waals surface area contributed by atoms with Crippen LogP contribution in [0.15, 0.2) is 0 Å². The van der Waals surface area contributed by atoms with Crippen LogP contribution in [0.5, 0.6) is 0 Å². The standard InChI is InChI=1S/2C4H10O2.6CO.Na.V/c2*1-5-3-4-6-2;6*1-2;;/h2*3-4H2,1-2H3;;;;;;;;/q;;;;;;;;+1;. The molecule has 0 saturated heterocycles. The van der Waals surface area contributed by atoms with Crippen molar-refractivity contribution in [2.45, 2.75) is 0 Å². The molecule has 0 atom stereocenters. The molecule has 12 heteroatoms. The molecule has 0 aliphatic heterocycles. The van der Waals surface area contributed by atoms with Gasteiger partial charge in [-0.05, 0) is 0 Å². The molecule has 0 aliphatic rings. The summed E-state index contributed by atoms with van der Waals surface area (Å²) in [6.45, 7) is 29.8. The van der Waals surface area contributed by atoms with E-state index >= 15 is 0 Å². The fourth-order valence-corrected chi connectivity index (χ4v) is 0.333. The maximum absolute atomic E-state index is 7.50. The average molecular weight is 422 g/mol. The van der Waals surface area contributed by atoms with Crippen molar-refractivity contribution in [1.82, 2.24) is 0 Å². The summed E-state index contributed by atoms with van der Waals surface area (Å²) in [5.74, 6) is 0. The molecule has 0 aromatic carbocycles. The summed E-state index contributed by atoms with van der Waals surface area (Å²) in [6, 6.07) is 0. The van der Waals surface area contributed by atoms with E-state index in [0.29, 0.717) is 26.4 Å². The fourth-order valence-electron chi connectivity index (χ4n) is 0.333. The van der Waals surface area contributed by atoms with Crippen LogP contribution >= 0.6 is 0 Å². The maximum atomic E-state index is 7.50. The van der Waals surface area contributed by atoms with Gasteiger partial charge in [-0.25, -0.2) is 0 Å². The van der Waals surface area contributed by atoms with Gasteiger partial charge in [0.2, 0.25) is 0 Å². The van der Waals surface area contributed by atoms with E-state index in [0.717, 1.165) is 0 Å². The zero-order valence-corrected chi connectivity index (χ0v) is 18.8. The van der Waals surface area contributed by atoms with E-state index in [1.165, 1.54) is 0 Å². The molecular weight excluding hydrogens is 402 g/mol. The minimum absolute atomic E-state index is 0. The third-order valence-corrected chi connectivity index (χ3v) is 0.983. The molecule has 0 aliphatic carbocycles. The van der Waals surface area contributed by atoms with Crippen LogP contribution in [-0.4, -0.2) is 54.9 Å². The van der Waals surface area contributed by atoms with E-state index in [-0.39, 0.29) is 48.1 Å². The van der Waals surface area contributed by atoms with E-state index < -0.39 is 0 Å². The Balaban J connectivity index is -0.0000000150. The van der Waals surface area contributed by atoms with Crippen LogP contribution in [0, 0.1) is 39.9 Å². The third kappa shape index (κ3) is 363. The fraction of sp³-hybridized carbons (Fsp3) is 0.571. The van der Waals surface area contributed by atoms with Crippen molar-refractivity contribution in [2.75, 3.05) is 54.9 Å². The number of hydrogen-bond donors (Lipinski definition) is 0. The Labute approximate surface area is 189 Å². The predicted molar refractivity (Wildman–Crippen MR) is 71.1 cm³/mol. The first-order valence-corrected chi connectivity index (χ1v) is 5.01. The van der Waals surface area contributed by atoms with Crippen molar-refractivity contribution in [3.63, 3.8) is 0 Å². The van der Waals surface area contributed by atoms with Gasteiger partial charge >= 0.3 is 97.4 Å². The van der Waals surface area contributed by atoms with Crippen LogP contribution in [-0.2, 0) is 65.4 Å². The molecule has 1 radical (unpaired) electrons. The molecule has 26 heavy (non-hydrogen) atoms. The van der Waals surface area contributed by atoms with Crippen LogP contribution in [0.2, 0.25) is 0 Å². The molecule has 0 bridgehead atoms. The second kappa shape index (κ2) is 229. The summed E-state index contributed by atoms with van der Waals surface area (Å²) < 4.78 is 63.6. The summed E-state index contributed by atoms with van der Waals surface area (Å²) in [5.41, 5.74) is 0. The van der Waals surface area contributed by atoms with Gasteiger partial charge in [-0.2, -0.15) is 0 Å². The Morgan fingerprint density at radius 3 is 0.538 bits per heavy atom. The molecule has 0 spiro atoms. The topological polar surface area (TPSA) is 156 Å². The summed E-state index contributed by atoms with van der Waals surface area (Å²) in [6.07, 6.45) is 0. The number of hydrogen-bond acceptors (Lipinski definition) is 4. The predicted octanol–water partition coefficient (Wildman–Crippen LogP) is -2.67. The molecule has 0 fully saturated rings. The van der Waals surface area contributed by atoms with Crippen molar-refractivity contribution in [2.24, 2.45) is 0 Å². The Morgan fingerprint density at radius 2 is 0.500 bits per heavy atom. The van der Waals surface area contributed by atoms with Gasteiger partial charge in [0, 0.05) is 47.0 Å². The van der Waals surface area contributed by atoms with Crippen LogP contribution in [0.25, 0.3) is 0 Å². The zero-order chi connectivity index (χ0) is 21.7. The average Bonchev–Trinajstić information content (AvgIpc) is 2.74. The first-order chi connectivity index (χ1) is 11.8. The van der Waals surface area contributed by atoms with Gasteiger partial charge < -0.3 is 18.9 Å². The molecule has 0 saturated carbocycles. The van der Waals surface area contributed by atoms with Gasteiger partial charge in [0.15, 0.2) is 0 Å².